The molecular formula is C30H25ClF6N10O4S2. The third-order valence-corrected chi connectivity index (χ3v) is 11.3. The number of halogens is 7. The predicted octanol–water partition coefficient (Wildman–Crippen LogP) is 5.77. The third-order valence-electron chi connectivity index (χ3n) is 7.58. The molecule has 0 unspecified atom stereocenters. The van der Waals surface area contributed by atoms with Gasteiger partial charge in [0.15, 0.2) is 54.0 Å². The number of pyridine rings is 2. The molecule has 0 spiro atoms. The Bertz CT molecular complexity index is 2630. The summed E-state index contributed by atoms with van der Waals surface area (Å²) in [5.74, 6) is -0.278. The Morgan fingerprint density at radius 2 is 1.09 bits per heavy atom. The molecule has 0 aliphatic rings. The number of aromatic nitrogens is 10. The minimum Gasteiger partial charge on any atom is -0.309 e. The zero-order chi connectivity index (χ0) is 39.3. The quantitative estimate of drug-likeness (QED) is 0.141. The van der Waals surface area contributed by atoms with Crippen LogP contribution < -0.4 is 0 Å². The molecule has 0 saturated carbocycles. The van der Waals surface area contributed by atoms with Crippen LogP contribution in [-0.2, 0) is 46.1 Å². The van der Waals surface area contributed by atoms with Crippen molar-refractivity contribution in [1.29, 1.82) is 0 Å². The summed E-state index contributed by atoms with van der Waals surface area (Å²) in [6, 6.07) is 6.97. The number of imidazole rings is 2. The molecular weight excluding hydrogens is 778 g/mol. The largest absolute Gasteiger partial charge is 0.435 e. The van der Waals surface area contributed by atoms with Gasteiger partial charge in [0.25, 0.3) is 0 Å². The van der Waals surface area contributed by atoms with Crippen molar-refractivity contribution < 1.29 is 43.2 Å². The Morgan fingerprint density at radius 3 is 1.49 bits per heavy atom. The molecule has 23 heteroatoms. The van der Waals surface area contributed by atoms with E-state index in [1.807, 2.05) is 0 Å². The van der Waals surface area contributed by atoms with Gasteiger partial charge >= 0.3 is 12.4 Å². The number of alkyl halides is 6. The normalized spacial score (nSPS) is 12.6. The van der Waals surface area contributed by atoms with E-state index in [0.717, 1.165) is 12.1 Å². The number of fused-ring (bicyclic) bond motifs is 2. The summed E-state index contributed by atoms with van der Waals surface area (Å²) in [6.07, 6.45) is -7.92. The van der Waals surface area contributed by atoms with Crippen LogP contribution in [0.4, 0.5) is 26.3 Å². The number of nitrogens with zero attached hydrogens (tertiary/aromatic N) is 10. The van der Waals surface area contributed by atoms with Crippen molar-refractivity contribution in [3.8, 4) is 23.0 Å². The Kier molecular flexibility index (Phi) is 10.4. The van der Waals surface area contributed by atoms with E-state index in [1.54, 1.807) is 0 Å². The molecule has 6 aromatic heterocycles. The van der Waals surface area contributed by atoms with Crippen LogP contribution in [0.5, 0.6) is 0 Å². The fourth-order valence-electron chi connectivity index (χ4n) is 4.80. The van der Waals surface area contributed by atoms with E-state index in [0.29, 0.717) is 5.69 Å². The topological polar surface area (TPSA) is 181 Å². The second-order valence-corrected chi connectivity index (χ2v) is 15.8. The summed E-state index contributed by atoms with van der Waals surface area (Å²) in [5.41, 5.74) is -2.07. The summed E-state index contributed by atoms with van der Waals surface area (Å²) < 4.78 is 129. The van der Waals surface area contributed by atoms with Gasteiger partial charge in [-0.3, -0.25) is 0 Å². The van der Waals surface area contributed by atoms with Gasteiger partial charge < -0.3 is 9.13 Å². The van der Waals surface area contributed by atoms with Gasteiger partial charge in [-0.1, -0.05) is 32.0 Å². The first-order chi connectivity index (χ1) is 24.6. The van der Waals surface area contributed by atoms with E-state index in [9.17, 15) is 43.2 Å². The van der Waals surface area contributed by atoms with Crippen molar-refractivity contribution in [2.24, 2.45) is 14.1 Å². The van der Waals surface area contributed by atoms with Crippen LogP contribution in [0, 0.1) is 0 Å². The summed E-state index contributed by atoms with van der Waals surface area (Å²) in [4.78, 5) is 16.3. The molecule has 14 nitrogen and oxygen atoms in total. The van der Waals surface area contributed by atoms with Crippen LogP contribution in [0.1, 0.15) is 30.9 Å². The Hall–Kier alpha value is -5.09. The number of rotatable bonds is 7. The maximum Gasteiger partial charge on any atom is 0.435 e. The van der Waals surface area contributed by atoms with Crippen molar-refractivity contribution >= 4 is 59.7 Å². The molecule has 0 saturated heterocycles. The summed E-state index contributed by atoms with van der Waals surface area (Å²) in [6.45, 7) is 6.54. The van der Waals surface area contributed by atoms with E-state index in [1.165, 1.54) is 67.4 Å². The van der Waals surface area contributed by atoms with Crippen LogP contribution >= 0.6 is 11.6 Å². The molecule has 0 aromatic carbocycles. The zero-order valence-electron chi connectivity index (χ0n) is 27.7. The number of hydrogen-bond donors (Lipinski definition) is 0. The van der Waals surface area contributed by atoms with Gasteiger partial charge in [-0.2, -0.15) is 26.3 Å². The summed E-state index contributed by atoms with van der Waals surface area (Å²) >= 11 is 5.88. The molecule has 0 aliphatic heterocycles. The molecule has 6 rings (SSSR count). The molecule has 0 amide bonds. The summed E-state index contributed by atoms with van der Waals surface area (Å²) in [7, 11) is -4.36. The van der Waals surface area contributed by atoms with Crippen molar-refractivity contribution in [3.05, 3.63) is 65.2 Å². The fourth-order valence-corrected chi connectivity index (χ4v) is 6.99. The Balaban J connectivity index is 0.000000204. The Labute approximate surface area is 301 Å². The molecule has 0 radical (unpaired) electrons. The van der Waals surface area contributed by atoms with E-state index < -0.39 is 43.4 Å². The zero-order valence-corrected chi connectivity index (χ0v) is 30.1. The number of aryl methyl sites for hydroxylation is 2. The molecule has 0 N–H and O–H groups in total. The predicted molar refractivity (Wildman–Crippen MR) is 180 cm³/mol. The highest BCUT2D eigenvalue weighted by Gasteiger charge is 2.35. The first-order valence-electron chi connectivity index (χ1n) is 14.9. The van der Waals surface area contributed by atoms with Gasteiger partial charge in [-0.15, -0.1) is 20.4 Å². The highest BCUT2D eigenvalue weighted by Crippen LogP contribution is 2.34. The van der Waals surface area contributed by atoms with Gasteiger partial charge in [0.2, 0.25) is 0 Å². The molecule has 0 atom stereocenters. The SMILES string of the molecule is C=Cc1ccc(S(=O)(=O)CC)c(-c2nc3cc(C(F)(F)F)nnc3n2C)n1.CCS(=O)(=O)c1ccc(Cl)nc1-c1nc2cc(C(F)(F)F)nnc2n1C. The van der Waals surface area contributed by atoms with Crippen LogP contribution in [0.3, 0.4) is 0 Å². The second-order valence-electron chi connectivity index (χ2n) is 10.9. The first kappa shape index (κ1) is 39.1. The maximum absolute atomic E-state index is 12.9. The minimum absolute atomic E-state index is 0.0168. The van der Waals surface area contributed by atoms with E-state index in [-0.39, 0.29) is 71.8 Å². The van der Waals surface area contributed by atoms with Crippen molar-refractivity contribution in [1.82, 2.24) is 49.5 Å². The lowest BCUT2D eigenvalue weighted by atomic mass is 10.3. The monoisotopic (exact) mass is 802 g/mol. The highest BCUT2D eigenvalue weighted by molar-refractivity contribution is 7.91. The molecule has 0 bridgehead atoms. The fraction of sp³-hybridized carbons (Fsp3) is 0.267. The third kappa shape index (κ3) is 7.69. The number of hydrogen-bond acceptors (Lipinski definition) is 12. The van der Waals surface area contributed by atoms with E-state index >= 15 is 0 Å². The number of sulfone groups is 2. The lowest BCUT2D eigenvalue weighted by Gasteiger charge is -2.09. The van der Waals surface area contributed by atoms with Gasteiger partial charge in [0.05, 0.1) is 27.0 Å². The molecule has 0 fully saturated rings. The molecule has 53 heavy (non-hydrogen) atoms. The van der Waals surface area contributed by atoms with E-state index in [2.05, 4.69) is 46.9 Å². The lowest BCUT2D eigenvalue weighted by molar-refractivity contribution is -0.142. The highest BCUT2D eigenvalue weighted by atomic mass is 35.5. The Morgan fingerprint density at radius 1 is 0.679 bits per heavy atom. The van der Waals surface area contributed by atoms with Gasteiger partial charge in [-0.25, -0.2) is 36.8 Å². The van der Waals surface area contributed by atoms with Crippen LogP contribution in [0.15, 0.2) is 52.8 Å². The van der Waals surface area contributed by atoms with Crippen LogP contribution in [0.25, 0.3) is 51.4 Å². The average Bonchev–Trinajstić information content (AvgIpc) is 3.62. The lowest BCUT2D eigenvalue weighted by Crippen LogP contribution is -2.10. The van der Waals surface area contributed by atoms with Gasteiger partial charge in [0, 0.05) is 26.2 Å². The van der Waals surface area contributed by atoms with Crippen LogP contribution in [0.2, 0.25) is 5.15 Å². The summed E-state index contributed by atoms with van der Waals surface area (Å²) in [5, 5.41) is 13.5. The second kappa shape index (κ2) is 14.0. The molecule has 6 aromatic rings. The minimum atomic E-state index is -4.68. The molecule has 6 heterocycles. The standard InChI is InChI=1S/C16H14F3N5O2S.C14H11ClF3N5O2S/c1-4-9-6-7-11(27(25,26)5-2)13(20-9)15-21-10-8-12(16(17,18)19)22-23-14(10)24(15)3;1-3-26(24,25)8-4-5-10(15)20-11(8)13-19-7-6-9(14(16,17)18)21-22-12(7)23(13)2/h4,6-8H,1,5H2,2-3H3;4-6H,3H2,1-2H3. The van der Waals surface area contributed by atoms with Crippen molar-refractivity contribution in [3.63, 3.8) is 0 Å². The van der Waals surface area contributed by atoms with Crippen LogP contribution in [-0.4, -0.2) is 77.8 Å². The van der Waals surface area contributed by atoms with Gasteiger partial charge in [0.1, 0.15) is 27.6 Å². The maximum atomic E-state index is 12.9. The average molecular weight is 803 g/mol. The first-order valence-corrected chi connectivity index (χ1v) is 18.6. The van der Waals surface area contributed by atoms with Crippen molar-refractivity contribution in [2.45, 2.75) is 36.0 Å². The van der Waals surface area contributed by atoms with Crippen molar-refractivity contribution in [2.75, 3.05) is 11.5 Å². The van der Waals surface area contributed by atoms with E-state index in [4.69, 9.17) is 11.6 Å². The smallest absolute Gasteiger partial charge is 0.309 e. The van der Waals surface area contributed by atoms with Gasteiger partial charge in [-0.05, 0) is 30.3 Å². The molecule has 0 aliphatic carbocycles. The molecule has 280 valence electrons.